The molecule has 2 rings (SSSR count). The van der Waals surface area contributed by atoms with Gasteiger partial charge in [-0.3, -0.25) is 4.57 Å². The zero-order chi connectivity index (χ0) is 14.3. The lowest BCUT2D eigenvalue weighted by Gasteiger charge is -2.40. The summed E-state index contributed by atoms with van der Waals surface area (Å²) < 4.78 is 30.2. The van der Waals surface area contributed by atoms with Gasteiger partial charge in [-0.25, -0.2) is 13.6 Å². The summed E-state index contributed by atoms with van der Waals surface area (Å²) in [5, 5.41) is 12.7. The standard InChI is InChI=1S/C11H20N4O3S/c1-8(2)15-9(7-11(18-3)5-4-6-11)13-14-10(15)19(12,16)17/h8H,4-7H2,1-3H3,(H2,12,16,17). The maximum atomic E-state index is 11.5. The fraction of sp³-hybridized carbons (Fsp3) is 0.818. The van der Waals surface area contributed by atoms with Gasteiger partial charge in [-0.2, -0.15) is 0 Å². The van der Waals surface area contributed by atoms with Crippen molar-refractivity contribution in [1.82, 2.24) is 14.8 Å². The number of hydrogen-bond acceptors (Lipinski definition) is 5. The Balaban J connectivity index is 2.39. The molecular weight excluding hydrogens is 268 g/mol. The van der Waals surface area contributed by atoms with Crippen LogP contribution in [0.3, 0.4) is 0 Å². The Hall–Kier alpha value is -0.990. The van der Waals surface area contributed by atoms with Crippen LogP contribution in [0.25, 0.3) is 0 Å². The third-order valence-corrected chi connectivity index (χ3v) is 4.47. The lowest BCUT2D eigenvalue weighted by molar-refractivity contribution is -0.0728. The van der Waals surface area contributed by atoms with Crippen LogP contribution in [0.1, 0.15) is 45.0 Å². The van der Waals surface area contributed by atoms with Crippen molar-refractivity contribution in [3.63, 3.8) is 0 Å². The summed E-state index contributed by atoms with van der Waals surface area (Å²) in [6.07, 6.45) is 3.59. The molecule has 0 saturated heterocycles. The van der Waals surface area contributed by atoms with E-state index in [-0.39, 0.29) is 16.8 Å². The largest absolute Gasteiger partial charge is 0.378 e. The number of nitrogens with two attached hydrogens (primary N) is 1. The number of primary sulfonamides is 1. The number of rotatable bonds is 5. The van der Waals surface area contributed by atoms with Crippen molar-refractivity contribution in [2.45, 2.75) is 56.3 Å². The van der Waals surface area contributed by atoms with Gasteiger partial charge in [-0.15, -0.1) is 10.2 Å². The summed E-state index contributed by atoms with van der Waals surface area (Å²) in [5.74, 6) is 0.612. The van der Waals surface area contributed by atoms with Crippen molar-refractivity contribution >= 4 is 10.0 Å². The van der Waals surface area contributed by atoms with Crippen LogP contribution in [0.2, 0.25) is 0 Å². The molecule has 0 atom stereocenters. The van der Waals surface area contributed by atoms with Gasteiger partial charge in [-0.05, 0) is 33.1 Å². The summed E-state index contributed by atoms with van der Waals surface area (Å²) in [7, 11) is -2.18. The average Bonchev–Trinajstić information content (AvgIpc) is 2.66. The van der Waals surface area contributed by atoms with E-state index in [1.165, 1.54) is 0 Å². The highest BCUT2D eigenvalue weighted by molar-refractivity contribution is 7.89. The molecule has 1 heterocycles. The van der Waals surface area contributed by atoms with Gasteiger partial charge in [0, 0.05) is 19.6 Å². The average molecular weight is 288 g/mol. The smallest absolute Gasteiger partial charge is 0.273 e. The minimum Gasteiger partial charge on any atom is -0.378 e. The molecule has 8 heteroatoms. The predicted molar refractivity (Wildman–Crippen MR) is 69.1 cm³/mol. The minimum absolute atomic E-state index is 0.0766. The third kappa shape index (κ3) is 2.65. The van der Waals surface area contributed by atoms with Gasteiger partial charge < -0.3 is 4.74 Å². The molecule has 19 heavy (non-hydrogen) atoms. The van der Waals surface area contributed by atoms with Crippen molar-refractivity contribution in [2.24, 2.45) is 5.14 Å². The van der Waals surface area contributed by atoms with Crippen LogP contribution in [-0.2, 0) is 21.2 Å². The fourth-order valence-electron chi connectivity index (χ4n) is 2.45. The summed E-state index contributed by atoms with van der Waals surface area (Å²) >= 11 is 0. The molecule has 108 valence electrons. The van der Waals surface area contributed by atoms with Crippen LogP contribution >= 0.6 is 0 Å². The Morgan fingerprint density at radius 2 is 2.05 bits per heavy atom. The van der Waals surface area contributed by atoms with E-state index < -0.39 is 10.0 Å². The molecule has 1 saturated carbocycles. The van der Waals surface area contributed by atoms with Crippen molar-refractivity contribution in [3.8, 4) is 0 Å². The van der Waals surface area contributed by atoms with E-state index in [1.807, 2.05) is 13.8 Å². The van der Waals surface area contributed by atoms with E-state index in [0.717, 1.165) is 19.3 Å². The van der Waals surface area contributed by atoms with Gasteiger partial charge in [0.25, 0.3) is 15.2 Å². The number of ether oxygens (including phenoxy) is 1. The van der Waals surface area contributed by atoms with Crippen LogP contribution in [0.15, 0.2) is 5.16 Å². The second-order valence-corrected chi connectivity index (χ2v) is 6.78. The second-order valence-electron chi connectivity index (χ2n) is 5.33. The highest BCUT2D eigenvalue weighted by Crippen LogP contribution is 2.38. The fourth-order valence-corrected chi connectivity index (χ4v) is 3.20. The Labute approximate surface area is 113 Å². The normalized spacial score (nSPS) is 18.6. The number of aromatic nitrogens is 3. The van der Waals surface area contributed by atoms with Gasteiger partial charge in [-0.1, -0.05) is 0 Å². The van der Waals surface area contributed by atoms with Gasteiger partial charge in [0.05, 0.1) is 5.60 Å². The zero-order valence-corrected chi connectivity index (χ0v) is 12.3. The van der Waals surface area contributed by atoms with Crippen molar-refractivity contribution in [1.29, 1.82) is 0 Å². The van der Waals surface area contributed by atoms with Crippen LogP contribution in [-0.4, -0.2) is 35.9 Å². The highest BCUT2D eigenvalue weighted by Gasteiger charge is 2.39. The van der Waals surface area contributed by atoms with Gasteiger partial charge in [0.15, 0.2) is 0 Å². The predicted octanol–water partition coefficient (Wildman–Crippen LogP) is 0.618. The topological polar surface area (TPSA) is 100 Å². The van der Waals surface area contributed by atoms with E-state index >= 15 is 0 Å². The molecule has 1 fully saturated rings. The minimum atomic E-state index is -3.86. The number of nitrogens with zero attached hydrogens (tertiary/aromatic N) is 3. The molecule has 1 aliphatic carbocycles. The molecule has 0 radical (unpaired) electrons. The number of sulfonamides is 1. The molecule has 0 aromatic carbocycles. The first-order valence-electron chi connectivity index (χ1n) is 6.31. The van der Waals surface area contributed by atoms with Crippen LogP contribution in [0, 0.1) is 0 Å². The molecule has 1 aliphatic rings. The molecule has 0 aliphatic heterocycles. The molecule has 1 aromatic heterocycles. The van der Waals surface area contributed by atoms with Crippen LogP contribution in [0.4, 0.5) is 0 Å². The SMILES string of the molecule is COC1(Cc2nnc(S(N)(=O)=O)n2C(C)C)CCC1. The first kappa shape index (κ1) is 14.4. The van der Waals surface area contributed by atoms with Gasteiger partial charge in [0.1, 0.15) is 5.82 Å². The van der Waals surface area contributed by atoms with Crippen LogP contribution < -0.4 is 5.14 Å². The lowest BCUT2D eigenvalue weighted by atomic mass is 9.77. The van der Waals surface area contributed by atoms with E-state index in [9.17, 15) is 8.42 Å². The summed E-state index contributed by atoms with van der Waals surface area (Å²) in [4.78, 5) is 0. The molecule has 0 bridgehead atoms. The molecule has 0 amide bonds. The van der Waals surface area contributed by atoms with E-state index in [4.69, 9.17) is 9.88 Å². The van der Waals surface area contributed by atoms with Gasteiger partial charge in [0.2, 0.25) is 0 Å². The Kier molecular flexibility index (Phi) is 3.67. The maximum Gasteiger partial charge on any atom is 0.273 e. The molecular formula is C11H20N4O3S. The van der Waals surface area contributed by atoms with Crippen molar-refractivity contribution < 1.29 is 13.2 Å². The van der Waals surface area contributed by atoms with Crippen LogP contribution in [0.5, 0.6) is 0 Å². The van der Waals surface area contributed by atoms with Gasteiger partial charge >= 0.3 is 0 Å². The maximum absolute atomic E-state index is 11.5. The number of hydrogen-bond donors (Lipinski definition) is 1. The summed E-state index contributed by atoms with van der Waals surface area (Å²) in [6.45, 7) is 3.75. The lowest BCUT2D eigenvalue weighted by Crippen LogP contribution is -2.42. The Morgan fingerprint density at radius 3 is 2.42 bits per heavy atom. The van der Waals surface area contributed by atoms with Crippen molar-refractivity contribution in [2.75, 3.05) is 7.11 Å². The molecule has 7 nitrogen and oxygen atoms in total. The zero-order valence-electron chi connectivity index (χ0n) is 11.5. The summed E-state index contributed by atoms with van der Waals surface area (Å²) in [5.41, 5.74) is -0.227. The monoisotopic (exact) mass is 288 g/mol. The Morgan fingerprint density at radius 1 is 1.42 bits per heavy atom. The van der Waals surface area contributed by atoms with Crippen molar-refractivity contribution in [3.05, 3.63) is 5.82 Å². The van der Waals surface area contributed by atoms with E-state index in [1.54, 1.807) is 11.7 Å². The third-order valence-electron chi connectivity index (χ3n) is 3.68. The number of methoxy groups -OCH3 is 1. The quantitative estimate of drug-likeness (QED) is 0.856. The first-order valence-corrected chi connectivity index (χ1v) is 7.85. The van der Waals surface area contributed by atoms with E-state index in [2.05, 4.69) is 10.2 Å². The molecule has 2 N–H and O–H groups in total. The highest BCUT2D eigenvalue weighted by atomic mass is 32.2. The molecule has 1 aromatic rings. The molecule has 0 spiro atoms. The first-order chi connectivity index (χ1) is 8.79. The second kappa shape index (κ2) is 4.84. The Bertz CT molecular complexity index is 555. The molecule has 0 unspecified atom stereocenters. The van der Waals surface area contributed by atoms with E-state index in [0.29, 0.717) is 12.2 Å². The summed E-state index contributed by atoms with van der Waals surface area (Å²) in [6, 6.07) is -0.0766.